The summed E-state index contributed by atoms with van der Waals surface area (Å²) >= 11 is 0. The Morgan fingerprint density at radius 1 is 0.966 bits per heavy atom. The topological polar surface area (TPSA) is 99.9 Å². The second kappa shape index (κ2) is 10.6. The number of benzene rings is 2. The van der Waals surface area contributed by atoms with Crippen molar-refractivity contribution < 1.29 is 23.9 Å². The van der Waals surface area contributed by atoms with Gasteiger partial charge in [-0.05, 0) is 31.9 Å². The maximum atomic E-state index is 12.9. The van der Waals surface area contributed by atoms with E-state index in [-0.39, 0.29) is 13.0 Å². The molecule has 0 aliphatic carbocycles. The Kier molecular flexibility index (Phi) is 8.18. The zero-order valence-electron chi connectivity index (χ0n) is 17.0. The molecule has 1 amide bonds. The predicted molar refractivity (Wildman–Crippen MR) is 109 cm³/mol. The van der Waals surface area contributed by atoms with Crippen LogP contribution in [0.2, 0.25) is 0 Å². The van der Waals surface area contributed by atoms with E-state index in [1.165, 1.54) is 0 Å². The van der Waals surface area contributed by atoms with Crippen LogP contribution in [0.5, 0.6) is 0 Å². The first-order valence-corrected chi connectivity index (χ1v) is 9.42. The fourth-order valence-electron chi connectivity index (χ4n) is 2.67. The van der Waals surface area contributed by atoms with Crippen molar-refractivity contribution in [1.82, 2.24) is 5.32 Å². The van der Waals surface area contributed by atoms with Crippen LogP contribution in [0.4, 0.5) is 4.79 Å². The highest BCUT2D eigenvalue weighted by molar-refractivity contribution is 5.81. The Morgan fingerprint density at radius 2 is 1.48 bits per heavy atom. The minimum atomic E-state index is -0.969. The zero-order valence-corrected chi connectivity index (χ0v) is 17.0. The monoisotopic (exact) mass is 400 g/mol. The van der Waals surface area contributed by atoms with Crippen LogP contribution in [-0.4, -0.2) is 30.3 Å². The van der Waals surface area contributed by atoms with Gasteiger partial charge >= 0.3 is 12.1 Å². The molecule has 0 saturated heterocycles. The van der Waals surface area contributed by atoms with Crippen molar-refractivity contribution in [1.29, 1.82) is 0 Å². The van der Waals surface area contributed by atoms with E-state index in [4.69, 9.17) is 15.4 Å². The number of nitrogens with one attached hydrogen (secondary N) is 1. The number of carbonyl (C=O) groups excluding carboxylic acids is 2. The van der Waals surface area contributed by atoms with Crippen molar-refractivity contribution in [2.24, 2.45) is 5.90 Å². The maximum absolute atomic E-state index is 12.9. The van der Waals surface area contributed by atoms with Gasteiger partial charge < -0.3 is 19.6 Å². The van der Waals surface area contributed by atoms with Gasteiger partial charge in [0.25, 0.3) is 0 Å². The lowest BCUT2D eigenvalue weighted by atomic mass is 10.0. The molecule has 3 N–H and O–H groups in total. The van der Waals surface area contributed by atoms with Gasteiger partial charge in [-0.25, -0.2) is 15.5 Å². The minimum Gasteiger partial charge on any atom is -0.451 e. The van der Waals surface area contributed by atoms with Gasteiger partial charge in [0.1, 0.15) is 11.6 Å². The van der Waals surface area contributed by atoms with Gasteiger partial charge in [0, 0.05) is 6.42 Å². The summed E-state index contributed by atoms with van der Waals surface area (Å²) in [4.78, 5) is 29.6. The molecule has 2 rings (SSSR count). The lowest BCUT2D eigenvalue weighted by Gasteiger charge is -2.25. The van der Waals surface area contributed by atoms with Crippen LogP contribution in [0, 0.1) is 0 Å². The molecule has 0 aliphatic heterocycles. The molecule has 7 nitrogen and oxygen atoms in total. The Bertz CT molecular complexity index is 735. The van der Waals surface area contributed by atoms with Crippen molar-refractivity contribution in [2.45, 2.75) is 44.9 Å². The molecule has 1 unspecified atom stereocenters. The van der Waals surface area contributed by atoms with Crippen LogP contribution in [-0.2, 0) is 19.1 Å². The lowest BCUT2D eigenvalue weighted by Crippen LogP contribution is -2.45. The Balaban J connectivity index is 2.20. The molecule has 29 heavy (non-hydrogen) atoms. The smallest absolute Gasteiger partial charge is 0.408 e. The van der Waals surface area contributed by atoms with Gasteiger partial charge in [-0.2, -0.15) is 0 Å². The van der Waals surface area contributed by atoms with E-state index in [2.05, 4.69) is 10.2 Å². The molecule has 0 saturated carbocycles. The predicted octanol–water partition coefficient (Wildman–Crippen LogP) is 3.49. The first-order valence-electron chi connectivity index (χ1n) is 9.42. The number of alkyl carbamates (subject to hydrolysis) is 1. The van der Waals surface area contributed by atoms with Gasteiger partial charge in [0.2, 0.25) is 0 Å². The van der Waals surface area contributed by atoms with E-state index in [0.29, 0.717) is 0 Å². The van der Waals surface area contributed by atoms with Crippen molar-refractivity contribution >= 4 is 12.1 Å². The number of hydrogen-bond donors (Lipinski definition) is 2. The summed E-state index contributed by atoms with van der Waals surface area (Å²) in [5.74, 6) is 4.49. The number of nitrogens with two attached hydrogens (primary N) is 1. The SMILES string of the molecule is CC(C)(C)OC(=O)NC(CCON)C(=O)OC(c1ccccc1)c1ccccc1. The number of rotatable bonds is 8. The van der Waals surface area contributed by atoms with E-state index < -0.39 is 29.8 Å². The molecule has 0 aliphatic rings. The molecule has 2 aromatic carbocycles. The molecule has 7 heteroatoms. The molecule has 0 aromatic heterocycles. The molecule has 156 valence electrons. The first-order chi connectivity index (χ1) is 13.8. The van der Waals surface area contributed by atoms with Gasteiger partial charge in [0.05, 0.1) is 6.61 Å². The number of esters is 1. The standard InChI is InChI=1S/C22H28N2O5/c1-22(2,3)29-21(26)24-18(14-15-27-23)20(25)28-19(16-10-6-4-7-11-16)17-12-8-5-9-13-17/h4-13,18-19H,14-15,23H2,1-3H3,(H,24,26). The molecular weight excluding hydrogens is 372 g/mol. The largest absolute Gasteiger partial charge is 0.451 e. The van der Waals surface area contributed by atoms with Crippen molar-refractivity contribution in [3.63, 3.8) is 0 Å². The Morgan fingerprint density at radius 3 is 1.93 bits per heavy atom. The summed E-state index contributed by atoms with van der Waals surface area (Å²) < 4.78 is 11.0. The molecule has 0 bridgehead atoms. The third kappa shape index (κ3) is 7.56. The molecule has 0 radical (unpaired) electrons. The Hall–Kier alpha value is -2.90. The average molecular weight is 400 g/mol. The van der Waals surface area contributed by atoms with E-state index >= 15 is 0 Å². The Labute approximate surface area is 171 Å². The van der Waals surface area contributed by atoms with Crippen molar-refractivity contribution in [2.75, 3.05) is 6.61 Å². The van der Waals surface area contributed by atoms with E-state index in [0.717, 1.165) is 11.1 Å². The second-order valence-corrected chi connectivity index (χ2v) is 7.50. The normalized spacial score (nSPS) is 12.3. The summed E-state index contributed by atoms with van der Waals surface area (Å²) in [6.07, 6.45) is -1.19. The van der Waals surface area contributed by atoms with E-state index in [1.54, 1.807) is 20.8 Å². The quantitative estimate of drug-likeness (QED) is 0.520. The first kappa shape index (κ1) is 22.4. The highest BCUT2D eigenvalue weighted by Gasteiger charge is 2.28. The molecule has 2 aromatic rings. The summed E-state index contributed by atoms with van der Waals surface area (Å²) in [6.45, 7) is 5.29. The second-order valence-electron chi connectivity index (χ2n) is 7.50. The van der Waals surface area contributed by atoms with E-state index in [9.17, 15) is 9.59 Å². The van der Waals surface area contributed by atoms with Crippen molar-refractivity contribution in [3.8, 4) is 0 Å². The van der Waals surface area contributed by atoms with Gasteiger partial charge in [0.15, 0.2) is 6.10 Å². The number of amides is 1. The van der Waals surface area contributed by atoms with Crippen molar-refractivity contribution in [3.05, 3.63) is 71.8 Å². The summed E-state index contributed by atoms with van der Waals surface area (Å²) in [5.41, 5.74) is 0.941. The lowest BCUT2D eigenvalue weighted by molar-refractivity contribution is -0.150. The number of ether oxygens (including phenoxy) is 2. The van der Waals surface area contributed by atoms with Crippen LogP contribution in [0.25, 0.3) is 0 Å². The van der Waals surface area contributed by atoms with E-state index in [1.807, 2.05) is 60.7 Å². The zero-order chi connectivity index (χ0) is 21.3. The average Bonchev–Trinajstić information content (AvgIpc) is 2.69. The maximum Gasteiger partial charge on any atom is 0.408 e. The van der Waals surface area contributed by atoms with Crippen LogP contribution in [0.15, 0.2) is 60.7 Å². The van der Waals surface area contributed by atoms with Crippen LogP contribution >= 0.6 is 0 Å². The highest BCUT2D eigenvalue weighted by atomic mass is 16.6. The summed E-state index contributed by atoms with van der Waals surface area (Å²) in [7, 11) is 0. The van der Waals surface area contributed by atoms with Crippen LogP contribution in [0.3, 0.4) is 0 Å². The summed E-state index contributed by atoms with van der Waals surface area (Å²) in [5, 5.41) is 2.55. The van der Waals surface area contributed by atoms with Crippen LogP contribution < -0.4 is 11.2 Å². The van der Waals surface area contributed by atoms with Gasteiger partial charge in [-0.15, -0.1) is 0 Å². The fraction of sp³-hybridized carbons (Fsp3) is 0.364. The number of carbonyl (C=O) groups is 2. The molecule has 0 heterocycles. The fourth-order valence-corrected chi connectivity index (χ4v) is 2.67. The van der Waals surface area contributed by atoms with Crippen LogP contribution in [0.1, 0.15) is 44.4 Å². The molecule has 0 fully saturated rings. The van der Waals surface area contributed by atoms with Gasteiger partial charge in [-0.1, -0.05) is 60.7 Å². The molecule has 0 spiro atoms. The molecular formula is C22H28N2O5. The number of hydrogen-bond acceptors (Lipinski definition) is 6. The van der Waals surface area contributed by atoms with Gasteiger partial charge in [-0.3, -0.25) is 0 Å². The third-order valence-corrected chi connectivity index (χ3v) is 3.94. The summed E-state index contributed by atoms with van der Waals surface area (Å²) in [6, 6.07) is 17.8. The highest BCUT2D eigenvalue weighted by Crippen LogP contribution is 2.26. The molecule has 1 atom stereocenters. The minimum absolute atomic E-state index is 0.0664. The third-order valence-electron chi connectivity index (χ3n) is 3.94.